The summed E-state index contributed by atoms with van der Waals surface area (Å²) in [5.74, 6) is -0.376. The van der Waals surface area contributed by atoms with Crippen LogP contribution in [0.25, 0.3) is 11.0 Å². The molecule has 1 aliphatic rings. The number of nitrogens with zero attached hydrogens (tertiary/aromatic N) is 3. The monoisotopic (exact) mass is 428 g/mol. The molecular formula is C25H21FN4O2. The van der Waals surface area contributed by atoms with E-state index in [1.165, 1.54) is 6.07 Å². The van der Waals surface area contributed by atoms with Crippen LogP contribution < -0.4 is 5.32 Å². The Kier molecular flexibility index (Phi) is 4.74. The van der Waals surface area contributed by atoms with Gasteiger partial charge in [0.1, 0.15) is 11.3 Å². The van der Waals surface area contributed by atoms with Gasteiger partial charge in [-0.2, -0.15) is 0 Å². The Labute approximate surface area is 184 Å². The molecule has 0 unspecified atom stereocenters. The SMILES string of the molecule is CCn1c(CN2C(=O)NC(c3ccccc3)(c3ccccc3)C2=O)nc2c(F)cccc21. The summed E-state index contributed by atoms with van der Waals surface area (Å²) in [4.78, 5) is 32.6. The highest BCUT2D eigenvalue weighted by molar-refractivity contribution is 6.09. The quantitative estimate of drug-likeness (QED) is 0.485. The van der Waals surface area contributed by atoms with Gasteiger partial charge in [-0.25, -0.2) is 14.2 Å². The van der Waals surface area contributed by atoms with E-state index in [1.54, 1.807) is 12.1 Å². The van der Waals surface area contributed by atoms with Crippen molar-refractivity contribution in [2.24, 2.45) is 0 Å². The number of fused-ring (bicyclic) bond motifs is 1. The van der Waals surface area contributed by atoms with Crippen LogP contribution in [0.3, 0.4) is 0 Å². The highest BCUT2D eigenvalue weighted by atomic mass is 19.1. The molecule has 5 rings (SSSR count). The van der Waals surface area contributed by atoms with E-state index >= 15 is 0 Å². The molecule has 1 N–H and O–H groups in total. The van der Waals surface area contributed by atoms with E-state index in [4.69, 9.17) is 0 Å². The first-order chi connectivity index (χ1) is 15.6. The topological polar surface area (TPSA) is 67.2 Å². The lowest BCUT2D eigenvalue weighted by Gasteiger charge is -2.28. The summed E-state index contributed by atoms with van der Waals surface area (Å²) >= 11 is 0. The van der Waals surface area contributed by atoms with Crippen LogP contribution in [-0.4, -0.2) is 26.4 Å². The summed E-state index contributed by atoms with van der Waals surface area (Å²) in [6.07, 6.45) is 0. The molecule has 3 amide bonds. The highest BCUT2D eigenvalue weighted by Gasteiger charge is 2.53. The van der Waals surface area contributed by atoms with Crippen LogP contribution in [0.5, 0.6) is 0 Å². The van der Waals surface area contributed by atoms with Crippen LogP contribution in [0.4, 0.5) is 9.18 Å². The molecule has 0 atom stereocenters. The maximum absolute atomic E-state index is 14.3. The van der Waals surface area contributed by atoms with E-state index in [0.717, 1.165) is 4.90 Å². The van der Waals surface area contributed by atoms with Gasteiger partial charge in [-0.15, -0.1) is 0 Å². The molecule has 1 aliphatic heterocycles. The molecule has 32 heavy (non-hydrogen) atoms. The zero-order valence-corrected chi connectivity index (χ0v) is 17.5. The Bertz CT molecular complexity index is 1280. The molecule has 3 aromatic carbocycles. The second kappa shape index (κ2) is 7.60. The predicted molar refractivity (Wildman–Crippen MR) is 118 cm³/mol. The molecule has 6 nitrogen and oxygen atoms in total. The lowest BCUT2D eigenvalue weighted by molar-refractivity contribution is -0.130. The third-order valence-corrected chi connectivity index (χ3v) is 5.94. The van der Waals surface area contributed by atoms with Crippen LogP contribution in [0.2, 0.25) is 0 Å². The number of benzene rings is 3. The average Bonchev–Trinajstić information content (AvgIpc) is 3.31. The van der Waals surface area contributed by atoms with Crippen LogP contribution in [0.1, 0.15) is 23.9 Å². The van der Waals surface area contributed by atoms with Crippen molar-refractivity contribution in [2.75, 3.05) is 0 Å². The van der Waals surface area contributed by atoms with E-state index < -0.39 is 23.3 Å². The summed E-state index contributed by atoms with van der Waals surface area (Å²) in [5, 5.41) is 2.93. The molecule has 0 aliphatic carbocycles. The van der Waals surface area contributed by atoms with Crippen LogP contribution in [-0.2, 0) is 23.4 Å². The summed E-state index contributed by atoms with van der Waals surface area (Å²) in [6, 6.07) is 22.6. The van der Waals surface area contributed by atoms with Crippen LogP contribution in [0, 0.1) is 5.82 Å². The number of urea groups is 1. The number of imidazole rings is 1. The first-order valence-electron chi connectivity index (χ1n) is 10.4. The second-order valence-corrected chi connectivity index (χ2v) is 7.68. The van der Waals surface area contributed by atoms with Crippen molar-refractivity contribution in [1.29, 1.82) is 0 Å². The molecule has 0 radical (unpaired) electrons. The Morgan fingerprint density at radius 3 is 2.12 bits per heavy atom. The Balaban J connectivity index is 1.61. The van der Waals surface area contributed by atoms with Crippen LogP contribution in [0.15, 0.2) is 78.9 Å². The number of aryl methyl sites for hydroxylation is 1. The molecule has 0 saturated carbocycles. The number of nitrogens with one attached hydrogen (secondary N) is 1. The Morgan fingerprint density at radius 1 is 0.906 bits per heavy atom. The highest BCUT2D eigenvalue weighted by Crippen LogP contribution is 2.36. The standard InChI is InChI=1S/C25H21FN4O2/c1-2-29-20-15-9-14-19(26)22(20)27-21(29)16-30-23(31)25(28-24(30)32,17-10-5-3-6-11-17)18-12-7-4-8-13-18/h3-15H,2,16H2,1H3,(H,28,32). The van der Waals surface area contributed by atoms with Gasteiger partial charge in [0.15, 0.2) is 11.4 Å². The lowest BCUT2D eigenvalue weighted by atomic mass is 9.82. The second-order valence-electron chi connectivity index (χ2n) is 7.68. The van der Waals surface area contributed by atoms with Crippen molar-refractivity contribution < 1.29 is 14.0 Å². The van der Waals surface area contributed by atoms with E-state index in [0.29, 0.717) is 29.0 Å². The average molecular weight is 428 g/mol. The molecule has 1 saturated heterocycles. The summed E-state index contributed by atoms with van der Waals surface area (Å²) < 4.78 is 16.1. The fourth-order valence-electron chi connectivity index (χ4n) is 4.43. The van der Waals surface area contributed by atoms with Gasteiger partial charge in [0, 0.05) is 6.54 Å². The van der Waals surface area contributed by atoms with Gasteiger partial charge in [0.2, 0.25) is 0 Å². The third-order valence-electron chi connectivity index (χ3n) is 5.94. The fraction of sp³-hybridized carbons (Fsp3) is 0.160. The van der Waals surface area contributed by atoms with Crippen LogP contribution >= 0.6 is 0 Å². The molecule has 160 valence electrons. The fourth-order valence-corrected chi connectivity index (χ4v) is 4.43. The third kappa shape index (κ3) is 2.89. The van der Waals surface area contributed by atoms with Crippen molar-refractivity contribution in [3.63, 3.8) is 0 Å². The van der Waals surface area contributed by atoms with Crippen molar-refractivity contribution in [2.45, 2.75) is 25.6 Å². The number of aromatic nitrogens is 2. The lowest BCUT2D eigenvalue weighted by Crippen LogP contribution is -2.45. The zero-order valence-electron chi connectivity index (χ0n) is 17.5. The predicted octanol–water partition coefficient (Wildman–Crippen LogP) is 4.19. The van der Waals surface area contributed by atoms with Gasteiger partial charge in [-0.1, -0.05) is 66.7 Å². The molecular weight excluding hydrogens is 407 g/mol. The molecule has 1 aromatic heterocycles. The number of hydrogen-bond donors (Lipinski definition) is 1. The number of rotatable bonds is 5. The van der Waals surface area contributed by atoms with E-state index in [1.807, 2.05) is 72.2 Å². The Morgan fingerprint density at radius 2 is 1.53 bits per heavy atom. The molecule has 0 bridgehead atoms. The number of halogens is 1. The number of amides is 3. The minimum Gasteiger partial charge on any atom is -0.327 e. The normalized spacial score (nSPS) is 15.4. The van der Waals surface area contributed by atoms with Crippen molar-refractivity contribution in [1.82, 2.24) is 19.8 Å². The largest absolute Gasteiger partial charge is 0.327 e. The zero-order chi connectivity index (χ0) is 22.3. The van der Waals surface area contributed by atoms with E-state index in [-0.39, 0.29) is 12.1 Å². The van der Waals surface area contributed by atoms with Crippen molar-refractivity contribution >= 4 is 23.0 Å². The molecule has 0 spiro atoms. The van der Waals surface area contributed by atoms with E-state index in [9.17, 15) is 14.0 Å². The number of imide groups is 1. The van der Waals surface area contributed by atoms with Crippen molar-refractivity contribution in [3.8, 4) is 0 Å². The maximum Gasteiger partial charge on any atom is 0.325 e. The van der Waals surface area contributed by atoms with Gasteiger partial charge >= 0.3 is 6.03 Å². The van der Waals surface area contributed by atoms with Gasteiger partial charge in [0.05, 0.1) is 12.1 Å². The summed E-state index contributed by atoms with van der Waals surface area (Å²) in [6.45, 7) is 2.38. The number of carbonyl (C=O) groups excluding carboxylic acids is 2. The van der Waals surface area contributed by atoms with Gasteiger partial charge in [-0.3, -0.25) is 9.69 Å². The first kappa shape index (κ1) is 19.9. The molecule has 2 heterocycles. The summed E-state index contributed by atoms with van der Waals surface area (Å²) in [5.41, 5.74) is 0.860. The minimum atomic E-state index is -1.34. The van der Waals surface area contributed by atoms with Crippen molar-refractivity contribution in [3.05, 3.63) is 102 Å². The number of carbonyl (C=O) groups is 2. The molecule has 7 heteroatoms. The van der Waals surface area contributed by atoms with Gasteiger partial charge < -0.3 is 9.88 Å². The number of hydrogen-bond acceptors (Lipinski definition) is 3. The number of para-hydroxylation sites is 1. The van der Waals surface area contributed by atoms with Gasteiger partial charge in [-0.05, 0) is 30.2 Å². The summed E-state index contributed by atoms with van der Waals surface area (Å²) in [7, 11) is 0. The minimum absolute atomic E-state index is 0.0615. The van der Waals surface area contributed by atoms with Gasteiger partial charge in [0.25, 0.3) is 5.91 Å². The Hall–Kier alpha value is -4.00. The molecule has 1 fully saturated rings. The molecule has 4 aromatic rings. The van der Waals surface area contributed by atoms with E-state index in [2.05, 4.69) is 10.3 Å². The first-order valence-corrected chi connectivity index (χ1v) is 10.4. The smallest absolute Gasteiger partial charge is 0.325 e. The maximum atomic E-state index is 14.3.